The van der Waals surface area contributed by atoms with E-state index in [-0.39, 0.29) is 11.3 Å². The lowest BCUT2D eigenvalue weighted by Crippen LogP contribution is -2.44. The van der Waals surface area contributed by atoms with Crippen LogP contribution >= 0.6 is 0 Å². The Kier molecular flexibility index (Phi) is 4.05. The highest BCUT2D eigenvalue weighted by molar-refractivity contribution is 5.83. The van der Waals surface area contributed by atoms with E-state index in [1.165, 1.54) is 13.0 Å². The smallest absolute Gasteiger partial charge is 0.227 e. The number of carbonyl (C=O) groups is 1. The minimum atomic E-state index is -0.134. The molecule has 0 saturated carbocycles. The SMILES string of the molecule is CCC1(C(=O)NCC2CCN(C)C2)CCNC1. The quantitative estimate of drug-likeness (QED) is 0.748. The molecular weight excluding hydrogens is 214 g/mol. The van der Waals surface area contributed by atoms with Crippen molar-refractivity contribution in [2.75, 3.05) is 39.8 Å². The minimum Gasteiger partial charge on any atom is -0.355 e. The average molecular weight is 239 g/mol. The molecule has 0 aromatic heterocycles. The van der Waals surface area contributed by atoms with Crippen LogP contribution in [0.15, 0.2) is 0 Å². The Morgan fingerprint density at radius 1 is 1.59 bits per heavy atom. The highest BCUT2D eigenvalue weighted by Gasteiger charge is 2.39. The molecule has 0 aromatic carbocycles. The zero-order valence-corrected chi connectivity index (χ0v) is 11.1. The maximum Gasteiger partial charge on any atom is 0.227 e. The third-order valence-corrected chi connectivity index (χ3v) is 4.44. The largest absolute Gasteiger partial charge is 0.355 e. The summed E-state index contributed by atoms with van der Waals surface area (Å²) >= 11 is 0. The summed E-state index contributed by atoms with van der Waals surface area (Å²) in [5, 5.41) is 6.48. The van der Waals surface area contributed by atoms with Crippen LogP contribution in [-0.2, 0) is 4.79 Å². The Balaban J connectivity index is 1.80. The number of hydrogen-bond acceptors (Lipinski definition) is 3. The Bertz CT molecular complexity index is 274. The molecule has 0 spiro atoms. The van der Waals surface area contributed by atoms with E-state index in [1.54, 1.807) is 0 Å². The summed E-state index contributed by atoms with van der Waals surface area (Å²) in [6, 6.07) is 0. The van der Waals surface area contributed by atoms with Crippen molar-refractivity contribution in [1.29, 1.82) is 0 Å². The third-order valence-electron chi connectivity index (χ3n) is 4.44. The summed E-state index contributed by atoms with van der Waals surface area (Å²) in [5.41, 5.74) is -0.134. The molecule has 17 heavy (non-hydrogen) atoms. The van der Waals surface area contributed by atoms with Crippen molar-refractivity contribution in [3.8, 4) is 0 Å². The highest BCUT2D eigenvalue weighted by atomic mass is 16.2. The Hall–Kier alpha value is -0.610. The fourth-order valence-electron chi connectivity index (χ4n) is 3.02. The van der Waals surface area contributed by atoms with Crippen LogP contribution in [0.4, 0.5) is 0 Å². The number of nitrogens with one attached hydrogen (secondary N) is 2. The molecule has 2 unspecified atom stereocenters. The van der Waals surface area contributed by atoms with E-state index in [1.807, 2.05) is 0 Å². The highest BCUT2D eigenvalue weighted by Crippen LogP contribution is 2.29. The van der Waals surface area contributed by atoms with E-state index < -0.39 is 0 Å². The molecule has 98 valence electrons. The van der Waals surface area contributed by atoms with Crippen molar-refractivity contribution < 1.29 is 4.79 Å². The summed E-state index contributed by atoms with van der Waals surface area (Å²) in [6.07, 6.45) is 3.14. The van der Waals surface area contributed by atoms with Crippen LogP contribution in [0.1, 0.15) is 26.2 Å². The normalized spacial score (nSPS) is 34.1. The number of likely N-dealkylation sites (tertiary alicyclic amines) is 1. The molecule has 2 saturated heterocycles. The lowest BCUT2D eigenvalue weighted by Gasteiger charge is -2.26. The second-order valence-corrected chi connectivity index (χ2v) is 5.69. The van der Waals surface area contributed by atoms with Crippen LogP contribution in [0.3, 0.4) is 0 Å². The Morgan fingerprint density at radius 2 is 2.41 bits per heavy atom. The van der Waals surface area contributed by atoms with Gasteiger partial charge in [0.15, 0.2) is 0 Å². The van der Waals surface area contributed by atoms with Crippen LogP contribution in [-0.4, -0.2) is 50.6 Å². The first-order valence-electron chi connectivity index (χ1n) is 6.84. The topological polar surface area (TPSA) is 44.4 Å². The molecule has 2 heterocycles. The predicted molar refractivity (Wildman–Crippen MR) is 68.8 cm³/mol. The van der Waals surface area contributed by atoms with E-state index in [0.29, 0.717) is 5.92 Å². The zero-order chi connectivity index (χ0) is 12.3. The summed E-state index contributed by atoms with van der Waals surface area (Å²) in [4.78, 5) is 14.6. The third kappa shape index (κ3) is 2.80. The van der Waals surface area contributed by atoms with Crippen molar-refractivity contribution in [2.45, 2.75) is 26.2 Å². The maximum absolute atomic E-state index is 12.3. The summed E-state index contributed by atoms with van der Waals surface area (Å²) in [5.74, 6) is 0.909. The van der Waals surface area contributed by atoms with Gasteiger partial charge < -0.3 is 15.5 Å². The van der Waals surface area contributed by atoms with Crippen molar-refractivity contribution in [3.05, 3.63) is 0 Å². The van der Waals surface area contributed by atoms with Gasteiger partial charge in [-0.2, -0.15) is 0 Å². The summed E-state index contributed by atoms with van der Waals surface area (Å²) in [7, 11) is 2.15. The fraction of sp³-hybridized carbons (Fsp3) is 0.923. The molecule has 4 heteroatoms. The van der Waals surface area contributed by atoms with Gasteiger partial charge in [-0.3, -0.25) is 4.79 Å². The number of rotatable bonds is 4. The maximum atomic E-state index is 12.3. The van der Waals surface area contributed by atoms with Crippen LogP contribution in [0.2, 0.25) is 0 Å². The van der Waals surface area contributed by atoms with Crippen molar-refractivity contribution in [1.82, 2.24) is 15.5 Å². The number of hydrogen-bond donors (Lipinski definition) is 2. The molecule has 0 aromatic rings. The summed E-state index contributed by atoms with van der Waals surface area (Å²) < 4.78 is 0. The molecule has 1 amide bonds. The van der Waals surface area contributed by atoms with Gasteiger partial charge in [0.25, 0.3) is 0 Å². The van der Waals surface area contributed by atoms with E-state index in [0.717, 1.165) is 39.0 Å². The molecule has 2 rings (SSSR count). The lowest BCUT2D eigenvalue weighted by molar-refractivity contribution is -0.130. The number of amides is 1. The second kappa shape index (κ2) is 5.36. The molecule has 4 nitrogen and oxygen atoms in total. The number of nitrogens with zero attached hydrogens (tertiary/aromatic N) is 1. The van der Waals surface area contributed by atoms with E-state index in [2.05, 4.69) is 29.5 Å². The van der Waals surface area contributed by atoms with Gasteiger partial charge in [-0.05, 0) is 45.3 Å². The van der Waals surface area contributed by atoms with E-state index >= 15 is 0 Å². The van der Waals surface area contributed by atoms with E-state index in [9.17, 15) is 4.79 Å². The van der Waals surface area contributed by atoms with Crippen LogP contribution < -0.4 is 10.6 Å². The molecule has 2 aliphatic rings. The second-order valence-electron chi connectivity index (χ2n) is 5.69. The first-order valence-corrected chi connectivity index (χ1v) is 6.84. The van der Waals surface area contributed by atoms with Crippen LogP contribution in [0.5, 0.6) is 0 Å². The molecular formula is C13H25N3O. The average Bonchev–Trinajstić information content (AvgIpc) is 2.95. The first kappa shape index (κ1) is 12.8. The van der Waals surface area contributed by atoms with Gasteiger partial charge in [0, 0.05) is 19.6 Å². The van der Waals surface area contributed by atoms with Gasteiger partial charge in [0.2, 0.25) is 5.91 Å². The predicted octanol–water partition coefficient (Wildman–Crippen LogP) is 0.444. The fourth-order valence-corrected chi connectivity index (χ4v) is 3.02. The van der Waals surface area contributed by atoms with Gasteiger partial charge in [-0.15, -0.1) is 0 Å². The molecule has 2 N–H and O–H groups in total. The van der Waals surface area contributed by atoms with Crippen molar-refractivity contribution in [3.63, 3.8) is 0 Å². The molecule has 0 radical (unpaired) electrons. The Labute approximate surface area is 104 Å². The summed E-state index contributed by atoms with van der Waals surface area (Å²) in [6.45, 7) is 7.09. The van der Waals surface area contributed by atoms with E-state index in [4.69, 9.17) is 0 Å². The Morgan fingerprint density at radius 3 is 2.94 bits per heavy atom. The minimum absolute atomic E-state index is 0.134. The zero-order valence-electron chi connectivity index (χ0n) is 11.1. The van der Waals surface area contributed by atoms with Gasteiger partial charge in [-0.25, -0.2) is 0 Å². The van der Waals surface area contributed by atoms with Gasteiger partial charge >= 0.3 is 0 Å². The van der Waals surface area contributed by atoms with Crippen molar-refractivity contribution >= 4 is 5.91 Å². The first-order chi connectivity index (χ1) is 8.16. The van der Waals surface area contributed by atoms with Crippen LogP contribution in [0.25, 0.3) is 0 Å². The molecule has 0 aliphatic carbocycles. The monoisotopic (exact) mass is 239 g/mol. The van der Waals surface area contributed by atoms with Gasteiger partial charge in [0.1, 0.15) is 0 Å². The molecule has 0 bridgehead atoms. The van der Waals surface area contributed by atoms with Crippen molar-refractivity contribution in [2.24, 2.45) is 11.3 Å². The van der Waals surface area contributed by atoms with Gasteiger partial charge in [0.05, 0.1) is 5.41 Å². The van der Waals surface area contributed by atoms with Crippen LogP contribution in [0, 0.1) is 11.3 Å². The lowest BCUT2D eigenvalue weighted by atomic mass is 9.83. The molecule has 2 fully saturated rings. The molecule has 2 aliphatic heterocycles. The molecule has 2 atom stereocenters. The van der Waals surface area contributed by atoms with Gasteiger partial charge in [-0.1, -0.05) is 6.92 Å². The number of carbonyl (C=O) groups excluding carboxylic acids is 1. The standard InChI is InChI=1S/C13H25N3O/c1-3-13(5-6-14-10-13)12(17)15-8-11-4-7-16(2)9-11/h11,14H,3-10H2,1-2H3,(H,15,17).